The standard InChI is InChI=1S/C20H18N2O5S2/c1-25-17-9-14(10-21-22-18(23)12-29-20(22)28)5-8-16(17)27-11-13-3-6-15(7-4-13)19(24)26-2/h3-10H,11-12H2,1-2H3. The molecule has 1 heterocycles. The number of methoxy groups -OCH3 is 2. The van der Waals surface area contributed by atoms with Gasteiger partial charge >= 0.3 is 5.97 Å². The van der Waals surface area contributed by atoms with Crippen LogP contribution in [0.25, 0.3) is 0 Å². The lowest BCUT2D eigenvalue weighted by Crippen LogP contribution is -2.22. The fourth-order valence-corrected chi connectivity index (χ4v) is 3.45. The molecule has 1 aliphatic heterocycles. The van der Waals surface area contributed by atoms with Crippen LogP contribution < -0.4 is 9.47 Å². The topological polar surface area (TPSA) is 77.4 Å². The monoisotopic (exact) mass is 430 g/mol. The van der Waals surface area contributed by atoms with Gasteiger partial charge in [0.2, 0.25) is 0 Å². The number of hydrogen-bond donors (Lipinski definition) is 0. The highest BCUT2D eigenvalue weighted by Gasteiger charge is 2.25. The molecule has 0 atom stereocenters. The predicted octanol–water partition coefficient (Wildman–Crippen LogP) is 3.26. The van der Waals surface area contributed by atoms with E-state index in [1.807, 2.05) is 0 Å². The zero-order chi connectivity index (χ0) is 20.8. The number of hydrogen-bond acceptors (Lipinski definition) is 8. The number of thioether (sulfide) groups is 1. The Kier molecular flexibility index (Phi) is 6.84. The maximum atomic E-state index is 11.7. The Balaban J connectivity index is 1.66. The molecule has 1 fully saturated rings. The van der Waals surface area contributed by atoms with E-state index in [9.17, 15) is 9.59 Å². The van der Waals surface area contributed by atoms with Gasteiger partial charge in [-0.3, -0.25) is 4.79 Å². The largest absolute Gasteiger partial charge is 0.493 e. The van der Waals surface area contributed by atoms with Crippen LogP contribution in [0.15, 0.2) is 47.6 Å². The Morgan fingerprint density at radius 1 is 1.21 bits per heavy atom. The molecule has 0 aromatic heterocycles. The van der Waals surface area contributed by atoms with Crippen molar-refractivity contribution in [2.75, 3.05) is 20.0 Å². The number of amides is 1. The molecular formula is C20H18N2O5S2. The Hall–Kier alpha value is -2.91. The second-order valence-corrected chi connectivity index (χ2v) is 7.50. The SMILES string of the molecule is COC(=O)c1ccc(COc2ccc(C=NN3C(=O)CSC3=S)cc2OC)cc1. The van der Waals surface area contributed by atoms with Crippen LogP contribution in [0.4, 0.5) is 0 Å². The number of benzene rings is 2. The average molecular weight is 431 g/mol. The van der Waals surface area contributed by atoms with Crippen LogP contribution in [0, 0.1) is 0 Å². The molecule has 0 saturated carbocycles. The van der Waals surface area contributed by atoms with Crippen LogP contribution in [0.2, 0.25) is 0 Å². The van der Waals surface area contributed by atoms with E-state index < -0.39 is 0 Å². The molecule has 1 aliphatic rings. The van der Waals surface area contributed by atoms with Crippen molar-refractivity contribution in [3.8, 4) is 11.5 Å². The first-order valence-corrected chi connectivity index (χ1v) is 9.93. The molecule has 9 heteroatoms. The number of carbonyl (C=O) groups is 2. The van der Waals surface area contributed by atoms with E-state index in [4.69, 9.17) is 21.7 Å². The molecule has 2 aromatic rings. The normalized spacial score (nSPS) is 13.8. The summed E-state index contributed by atoms with van der Waals surface area (Å²) in [5.74, 6) is 0.884. The number of rotatable bonds is 7. The summed E-state index contributed by atoms with van der Waals surface area (Å²) < 4.78 is 16.4. The summed E-state index contributed by atoms with van der Waals surface area (Å²) in [6.45, 7) is 0.305. The van der Waals surface area contributed by atoms with E-state index in [1.165, 1.54) is 23.9 Å². The highest BCUT2D eigenvalue weighted by Crippen LogP contribution is 2.28. The summed E-state index contributed by atoms with van der Waals surface area (Å²) in [4.78, 5) is 23.2. The molecule has 0 unspecified atom stereocenters. The van der Waals surface area contributed by atoms with Crippen molar-refractivity contribution in [1.29, 1.82) is 0 Å². The Morgan fingerprint density at radius 2 is 1.97 bits per heavy atom. The lowest BCUT2D eigenvalue weighted by molar-refractivity contribution is -0.124. The minimum absolute atomic E-state index is 0.138. The summed E-state index contributed by atoms with van der Waals surface area (Å²) >= 11 is 6.39. The molecule has 1 amide bonds. The molecule has 150 valence electrons. The molecule has 7 nitrogen and oxygen atoms in total. The molecular weight excluding hydrogens is 412 g/mol. The van der Waals surface area contributed by atoms with Gasteiger partial charge in [0, 0.05) is 0 Å². The first-order valence-electron chi connectivity index (χ1n) is 8.53. The van der Waals surface area contributed by atoms with E-state index in [0.717, 1.165) is 11.1 Å². The Labute approximate surface area is 177 Å². The summed E-state index contributed by atoms with van der Waals surface area (Å²) in [6, 6.07) is 12.3. The van der Waals surface area contributed by atoms with E-state index in [-0.39, 0.29) is 11.9 Å². The number of esters is 1. The maximum absolute atomic E-state index is 11.7. The van der Waals surface area contributed by atoms with Crippen molar-refractivity contribution in [3.05, 3.63) is 59.2 Å². The lowest BCUT2D eigenvalue weighted by Gasteiger charge is -2.12. The van der Waals surface area contributed by atoms with E-state index in [2.05, 4.69) is 9.84 Å². The summed E-state index contributed by atoms with van der Waals surface area (Å²) in [5, 5.41) is 5.36. The molecule has 0 radical (unpaired) electrons. The van der Waals surface area contributed by atoms with Gasteiger partial charge in [0.05, 0.1) is 31.8 Å². The first-order chi connectivity index (χ1) is 14.0. The Morgan fingerprint density at radius 3 is 2.59 bits per heavy atom. The van der Waals surface area contributed by atoms with Gasteiger partial charge in [-0.15, -0.1) is 0 Å². The molecule has 29 heavy (non-hydrogen) atoms. The van der Waals surface area contributed by atoms with Crippen LogP contribution in [0.5, 0.6) is 11.5 Å². The van der Waals surface area contributed by atoms with Gasteiger partial charge in [0.1, 0.15) is 6.61 Å². The van der Waals surface area contributed by atoms with Gasteiger partial charge < -0.3 is 14.2 Å². The smallest absolute Gasteiger partial charge is 0.337 e. The van der Waals surface area contributed by atoms with Crippen molar-refractivity contribution in [2.45, 2.75) is 6.61 Å². The zero-order valence-corrected chi connectivity index (χ0v) is 17.4. The van der Waals surface area contributed by atoms with E-state index in [1.54, 1.807) is 55.8 Å². The van der Waals surface area contributed by atoms with Gasteiger partial charge in [-0.2, -0.15) is 10.1 Å². The lowest BCUT2D eigenvalue weighted by atomic mass is 10.1. The number of thiocarbonyl (C=S) groups is 1. The second-order valence-electron chi connectivity index (χ2n) is 5.89. The molecule has 0 N–H and O–H groups in total. The minimum atomic E-state index is -0.383. The molecule has 0 bridgehead atoms. The average Bonchev–Trinajstić information content (AvgIpc) is 3.08. The zero-order valence-electron chi connectivity index (χ0n) is 15.8. The quantitative estimate of drug-likeness (QED) is 0.379. The fraction of sp³-hybridized carbons (Fsp3) is 0.200. The summed E-state index contributed by atoms with van der Waals surface area (Å²) in [6.07, 6.45) is 1.55. The molecule has 0 spiro atoms. The van der Waals surface area contributed by atoms with Gasteiger partial charge in [-0.05, 0) is 41.5 Å². The van der Waals surface area contributed by atoms with Crippen molar-refractivity contribution >= 4 is 46.4 Å². The first kappa shape index (κ1) is 20.8. The molecule has 2 aromatic carbocycles. The van der Waals surface area contributed by atoms with Crippen LogP contribution in [0.3, 0.4) is 0 Å². The van der Waals surface area contributed by atoms with Crippen molar-refractivity contribution in [3.63, 3.8) is 0 Å². The maximum Gasteiger partial charge on any atom is 0.337 e. The van der Waals surface area contributed by atoms with E-state index >= 15 is 0 Å². The highest BCUT2D eigenvalue weighted by molar-refractivity contribution is 8.23. The van der Waals surface area contributed by atoms with Crippen molar-refractivity contribution in [1.82, 2.24) is 5.01 Å². The third kappa shape index (κ3) is 5.12. The highest BCUT2D eigenvalue weighted by atomic mass is 32.2. The van der Waals surface area contributed by atoms with E-state index in [0.29, 0.717) is 33.7 Å². The summed E-state index contributed by atoms with van der Waals surface area (Å²) in [5.41, 5.74) is 2.11. The second kappa shape index (κ2) is 9.53. The van der Waals surface area contributed by atoms with Crippen LogP contribution in [-0.2, 0) is 16.1 Å². The number of nitrogens with zero attached hydrogens (tertiary/aromatic N) is 2. The van der Waals surface area contributed by atoms with Crippen molar-refractivity contribution < 1.29 is 23.8 Å². The minimum Gasteiger partial charge on any atom is -0.493 e. The van der Waals surface area contributed by atoms with Crippen LogP contribution in [0.1, 0.15) is 21.5 Å². The van der Waals surface area contributed by atoms with Gasteiger partial charge in [0.15, 0.2) is 15.8 Å². The number of hydrazone groups is 1. The van der Waals surface area contributed by atoms with Crippen LogP contribution >= 0.6 is 24.0 Å². The number of carbonyl (C=O) groups excluding carboxylic acids is 2. The molecule has 3 rings (SSSR count). The van der Waals surface area contributed by atoms with Gasteiger partial charge in [-0.25, -0.2) is 4.79 Å². The van der Waals surface area contributed by atoms with Gasteiger partial charge in [-0.1, -0.05) is 36.1 Å². The summed E-state index contributed by atoms with van der Waals surface area (Å²) in [7, 11) is 2.89. The fourth-order valence-electron chi connectivity index (χ4n) is 2.48. The molecule has 1 saturated heterocycles. The predicted molar refractivity (Wildman–Crippen MR) is 115 cm³/mol. The Bertz CT molecular complexity index is 944. The third-order valence-electron chi connectivity index (χ3n) is 4.01. The molecule has 0 aliphatic carbocycles. The van der Waals surface area contributed by atoms with Crippen LogP contribution in [-0.4, -0.2) is 47.4 Å². The third-order valence-corrected chi connectivity index (χ3v) is 5.35. The number of ether oxygens (including phenoxy) is 3. The van der Waals surface area contributed by atoms with Crippen molar-refractivity contribution in [2.24, 2.45) is 5.10 Å². The van der Waals surface area contributed by atoms with Gasteiger partial charge in [0.25, 0.3) is 5.91 Å².